The lowest BCUT2D eigenvalue weighted by Crippen LogP contribution is -2.06. The van der Waals surface area contributed by atoms with Crippen LogP contribution in [0.3, 0.4) is 0 Å². The normalized spacial score (nSPS) is 9.93. The van der Waals surface area contributed by atoms with Crippen molar-refractivity contribution in [2.45, 2.75) is 18.2 Å². The summed E-state index contributed by atoms with van der Waals surface area (Å²) < 4.78 is 4.62. The minimum atomic E-state index is -0.379. The third-order valence-electron chi connectivity index (χ3n) is 1.84. The topological polar surface area (TPSA) is 39.2 Å². The van der Waals surface area contributed by atoms with Crippen molar-refractivity contribution in [1.29, 1.82) is 0 Å². The van der Waals surface area contributed by atoms with Crippen LogP contribution in [0.5, 0.6) is 0 Å². The lowest BCUT2D eigenvalue weighted by molar-refractivity contribution is 0.0593. The van der Waals surface area contributed by atoms with Gasteiger partial charge in [0.15, 0.2) is 0 Å². The fourth-order valence-electron chi connectivity index (χ4n) is 1.07. The van der Waals surface area contributed by atoms with Crippen molar-refractivity contribution in [3.63, 3.8) is 0 Å². The van der Waals surface area contributed by atoms with Crippen molar-refractivity contribution < 1.29 is 9.53 Å². The standard InChI is InChI=1S/C10H13NO2S/c1-4-7-5-8(14-3)6-9(11-7)10(12)13-2/h5-6H,4H2,1-3H3. The molecule has 0 bridgehead atoms. The Balaban J connectivity index is 3.10. The van der Waals surface area contributed by atoms with Crippen molar-refractivity contribution in [2.24, 2.45) is 0 Å². The number of rotatable bonds is 3. The first-order chi connectivity index (χ1) is 6.71. The Hall–Kier alpha value is -1.03. The zero-order valence-electron chi connectivity index (χ0n) is 8.53. The van der Waals surface area contributed by atoms with E-state index in [1.807, 2.05) is 19.2 Å². The van der Waals surface area contributed by atoms with Crippen LogP contribution in [0, 0.1) is 0 Å². The van der Waals surface area contributed by atoms with Crippen LogP contribution in [0.2, 0.25) is 0 Å². The average molecular weight is 211 g/mol. The maximum Gasteiger partial charge on any atom is 0.356 e. The highest BCUT2D eigenvalue weighted by Crippen LogP contribution is 2.17. The summed E-state index contributed by atoms with van der Waals surface area (Å²) in [5.74, 6) is -0.379. The molecule has 0 aliphatic rings. The lowest BCUT2D eigenvalue weighted by Gasteiger charge is -2.04. The number of carbonyl (C=O) groups is 1. The van der Waals surface area contributed by atoms with Crippen LogP contribution in [0.25, 0.3) is 0 Å². The number of hydrogen-bond donors (Lipinski definition) is 0. The van der Waals surface area contributed by atoms with Gasteiger partial charge in [-0.15, -0.1) is 11.8 Å². The van der Waals surface area contributed by atoms with Crippen LogP contribution >= 0.6 is 11.8 Å². The monoisotopic (exact) mass is 211 g/mol. The second-order valence-electron chi connectivity index (χ2n) is 2.73. The van der Waals surface area contributed by atoms with Crippen molar-refractivity contribution in [2.75, 3.05) is 13.4 Å². The van der Waals surface area contributed by atoms with E-state index >= 15 is 0 Å². The number of thioether (sulfide) groups is 1. The van der Waals surface area contributed by atoms with Crippen molar-refractivity contribution in [1.82, 2.24) is 4.98 Å². The molecule has 0 spiro atoms. The van der Waals surface area contributed by atoms with Gasteiger partial charge in [-0.2, -0.15) is 0 Å². The number of methoxy groups -OCH3 is 1. The molecule has 0 radical (unpaired) electrons. The number of aromatic nitrogens is 1. The molecule has 0 unspecified atom stereocenters. The van der Waals surface area contributed by atoms with E-state index in [0.29, 0.717) is 5.69 Å². The molecule has 0 saturated heterocycles. The molecule has 1 heterocycles. The second kappa shape index (κ2) is 5.00. The number of esters is 1. The highest BCUT2D eigenvalue weighted by atomic mass is 32.2. The molecule has 14 heavy (non-hydrogen) atoms. The van der Waals surface area contributed by atoms with E-state index in [1.54, 1.807) is 17.8 Å². The van der Waals surface area contributed by atoms with Crippen LogP contribution in [-0.2, 0) is 11.2 Å². The number of nitrogens with zero attached hydrogens (tertiary/aromatic N) is 1. The molecule has 0 aliphatic carbocycles. The Morgan fingerprint density at radius 3 is 2.79 bits per heavy atom. The molecule has 1 aromatic rings. The quantitative estimate of drug-likeness (QED) is 0.567. The molecular formula is C10H13NO2S. The van der Waals surface area contributed by atoms with E-state index in [2.05, 4.69) is 9.72 Å². The SMILES string of the molecule is CCc1cc(SC)cc(C(=O)OC)n1. The molecule has 3 nitrogen and oxygen atoms in total. The third kappa shape index (κ3) is 2.48. The predicted molar refractivity (Wildman–Crippen MR) is 56.7 cm³/mol. The Labute approximate surface area is 87.9 Å². The van der Waals surface area contributed by atoms with Crippen LogP contribution in [0.1, 0.15) is 23.1 Å². The molecule has 0 amide bonds. The smallest absolute Gasteiger partial charge is 0.356 e. The van der Waals surface area contributed by atoms with Gasteiger partial charge in [-0.05, 0) is 24.8 Å². The number of aryl methyl sites for hydroxylation is 1. The maximum atomic E-state index is 11.3. The third-order valence-corrected chi connectivity index (χ3v) is 2.55. The molecule has 1 aromatic heterocycles. The van der Waals surface area contributed by atoms with E-state index in [-0.39, 0.29) is 5.97 Å². The van der Waals surface area contributed by atoms with E-state index in [4.69, 9.17) is 0 Å². The van der Waals surface area contributed by atoms with E-state index in [1.165, 1.54) is 7.11 Å². The maximum absolute atomic E-state index is 11.3. The molecule has 0 atom stereocenters. The van der Waals surface area contributed by atoms with Crippen molar-refractivity contribution in [3.8, 4) is 0 Å². The summed E-state index contributed by atoms with van der Waals surface area (Å²) in [6.07, 6.45) is 2.79. The van der Waals surface area contributed by atoms with Gasteiger partial charge in [0.1, 0.15) is 5.69 Å². The van der Waals surface area contributed by atoms with Crippen molar-refractivity contribution in [3.05, 3.63) is 23.5 Å². The summed E-state index contributed by atoms with van der Waals surface area (Å²) in [6.45, 7) is 2.01. The van der Waals surface area contributed by atoms with Gasteiger partial charge in [0.25, 0.3) is 0 Å². The molecule has 0 aliphatic heterocycles. The Morgan fingerprint density at radius 2 is 2.29 bits per heavy atom. The fraction of sp³-hybridized carbons (Fsp3) is 0.400. The Kier molecular flexibility index (Phi) is 3.95. The van der Waals surface area contributed by atoms with Crippen LogP contribution in [0.4, 0.5) is 0 Å². The second-order valence-corrected chi connectivity index (χ2v) is 3.61. The minimum absolute atomic E-state index is 0.379. The summed E-state index contributed by atoms with van der Waals surface area (Å²) in [7, 11) is 1.36. The first-order valence-electron chi connectivity index (χ1n) is 4.34. The molecule has 0 saturated carbocycles. The summed E-state index contributed by atoms with van der Waals surface area (Å²) in [5.41, 5.74) is 1.30. The highest BCUT2D eigenvalue weighted by Gasteiger charge is 2.09. The zero-order valence-corrected chi connectivity index (χ0v) is 9.35. The molecule has 0 aromatic carbocycles. The summed E-state index contributed by atoms with van der Waals surface area (Å²) >= 11 is 1.59. The minimum Gasteiger partial charge on any atom is -0.464 e. The summed E-state index contributed by atoms with van der Waals surface area (Å²) in [6, 6.07) is 3.73. The van der Waals surface area contributed by atoms with Gasteiger partial charge in [0.05, 0.1) is 7.11 Å². The van der Waals surface area contributed by atoms with Gasteiger partial charge < -0.3 is 4.74 Å². The summed E-state index contributed by atoms with van der Waals surface area (Å²) in [4.78, 5) is 16.5. The number of carbonyl (C=O) groups excluding carboxylic acids is 1. The van der Waals surface area contributed by atoms with Gasteiger partial charge >= 0.3 is 5.97 Å². The van der Waals surface area contributed by atoms with Gasteiger partial charge in [0, 0.05) is 10.6 Å². The number of ether oxygens (including phenoxy) is 1. The lowest BCUT2D eigenvalue weighted by atomic mass is 10.2. The van der Waals surface area contributed by atoms with E-state index in [0.717, 1.165) is 17.0 Å². The average Bonchev–Trinajstić information content (AvgIpc) is 2.27. The molecular weight excluding hydrogens is 198 g/mol. The van der Waals surface area contributed by atoms with E-state index < -0.39 is 0 Å². The van der Waals surface area contributed by atoms with Crippen LogP contribution in [0.15, 0.2) is 17.0 Å². The molecule has 0 N–H and O–H groups in total. The Morgan fingerprint density at radius 1 is 1.57 bits per heavy atom. The molecule has 0 fully saturated rings. The first kappa shape index (κ1) is 11.0. The highest BCUT2D eigenvalue weighted by molar-refractivity contribution is 7.98. The van der Waals surface area contributed by atoms with Crippen LogP contribution in [-0.4, -0.2) is 24.3 Å². The molecule has 4 heteroatoms. The molecule has 76 valence electrons. The van der Waals surface area contributed by atoms with Gasteiger partial charge in [0.2, 0.25) is 0 Å². The van der Waals surface area contributed by atoms with E-state index in [9.17, 15) is 4.79 Å². The zero-order chi connectivity index (χ0) is 10.6. The number of pyridine rings is 1. The summed E-state index contributed by atoms with van der Waals surface area (Å²) in [5, 5.41) is 0. The van der Waals surface area contributed by atoms with Crippen molar-refractivity contribution >= 4 is 17.7 Å². The molecule has 1 rings (SSSR count). The van der Waals surface area contributed by atoms with Gasteiger partial charge in [-0.3, -0.25) is 0 Å². The number of hydrogen-bond acceptors (Lipinski definition) is 4. The Bertz CT molecular complexity index is 317. The van der Waals surface area contributed by atoms with Gasteiger partial charge in [-0.1, -0.05) is 6.92 Å². The fourth-order valence-corrected chi connectivity index (χ4v) is 1.55. The predicted octanol–water partition coefficient (Wildman–Crippen LogP) is 2.15. The first-order valence-corrected chi connectivity index (χ1v) is 5.57. The van der Waals surface area contributed by atoms with Gasteiger partial charge in [-0.25, -0.2) is 9.78 Å². The van der Waals surface area contributed by atoms with Crippen LogP contribution < -0.4 is 0 Å². The largest absolute Gasteiger partial charge is 0.464 e.